The van der Waals surface area contributed by atoms with Crippen molar-refractivity contribution >= 4 is 43.2 Å². The summed E-state index contributed by atoms with van der Waals surface area (Å²) in [5.41, 5.74) is 0. The predicted molar refractivity (Wildman–Crippen MR) is 69.9 cm³/mol. The molecule has 80 valence electrons. The lowest BCUT2D eigenvalue weighted by molar-refractivity contribution is 0.526. The van der Waals surface area contributed by atoms with Crippen molar-refractivity contribution in [2.45, 2.75) is 19.5 Å². The molecular weight excluding hydrogens is 328 g/mol. The molecule has 0 radical (unpaired) electrons. The smallest absolute Gasteiger partial charge is 0.0843 e. The Hall–Kier alpha value is 0.580. The summed E-state index contributed by atoms with van der Waals surface area (Å²) in [7, 11) is 1.97. The number of nitrogens with one attached hydrogen (secondary N) is 2. The van der Waals surface area contributed by atoms with E-state index < -0.39 is 0 Å². The summed E-state index contributed by atoms with van der Waals surface area (Å²) in [5, 5.41) is 6.59. The largest absolute Gasteiger partial charge is 0.318 e. The Morgan fingerprint density at radius 3 is 2.71 bits per heavy atom. The zero-order chi connectivity index (χ0) is 10.6. The highest BCUT2D eigenvalue weighted by molar-refractivity contribution is 9.13. The minimum absolute atomic E-state index is 0.500. The van der Waals surface area contributed by atoms with E-state index in [2.05, 4.69) is 55.5 Å². The molecule has 0 saturated heterocycles. The standard InChI is InChI=1S/C9H14Br2N2S/c1-6(4-12-2)13-5-7-3-8(10)9(11)14-7/h3,6,12-13H,4-5H2,1-2H3. The molecule has 1 atom stereocenters. The topological polar surface area (TPSA) is 24.1 Å². The van der Waals surface area contributed by atoms with Crippen LogP contribution in [0, 0.1) is 0 Å². The zero-order valence-electron chi connectivity index (χ0n) is 8.23. The van der Waals surface area contributed by atoms with Crippen molar-refractivity contribution in [1.82, 2.24) is 10.6 Å². The summed E-state index contributed by atoms with van der Waals surface area (Å²) in [6.45, 7) is 4.10. The summed E-state index contributed by atoms with van der Waals surface area (Å²) in [5.74, 6) is 0. The van der Waals surface area contributed by atoms with Crippen LogP contribution in [-0.2, 0) is 6.54 Å². The van der Waals surface area contributed by atoms with Gasteiger partial charge in [0.05, 0.1) is 3.79 Å². The number of halogens is 2. The highest BCUT2D eigenvalue weighted by atomic mass is 79.9. The molecule has 0 saturated carbocycles. The normalized spacial score (nSPS) is 13.1. The van der Waals surface area contributed by atoms with Crippen LogP contribution < -0.4 is 10.6 Å². The van der Waals surface area contributed by atoms with Gasteiger partial charge in [0.15, 0.2) is 0 Å². The molecule has 0 aliphatic heterocycles. The summed E-state index contributed by atoms with van der Waals surface area (Å²) < 4.78 is 2.30. The highest BCUT2D eigenvalue weighted by Crippen LogP contribution is 2.32. The number of rotatable bonds is 5. The summed E-state index contributed by atoms with van der Waals surface area (Å²) in [6, 6.07) is 2.65. The van der Waals surface area contributed by atoms with Crippen molar-refractivity contribution in [1.29, 1.82) is 0 Å². The van der Waals surface area contributed by atoms with Crippen LogP contribution in [0.5, 0.6) is 0 Å². The highest BCUT2D eigenvalue weighted by Gasteiger charge is 2.05. The van der Waals surface area contributed by atoms with Gasteiger partial charge in [-0.3, -0.25) is 0 Å². The molecule has 0 bridgehead atoms. The summed E-state index contributed by atoms with van der Waals surface area (Å²) in [4.78, 5) is 1.34. The van der Waals surface area contributed by atoms with Gasteiger partial charge in [-0.25, -0.2) is 0 Å². The molecule has 5 heteroatoms. The Morgan fingerprint density at radius 2 is 2.21 bits per heavy atom. The van der Waals surface area contributed by atoms with Crippen LogP contribution in [0.3, 0.4) is 0 Å². The van der Waals surface area contributed by atoms with Crippen LogP contribution in [-0.4, -0.2) is 19.6 Å². The van der Waals surface area contributed by atoms with Crippen molar-refractivity contribution in [3.05, 3.63) is 19.2 Å². The lowest BCUT2D eigenvalue weighted by atomic mass is 10.3. The van der Waals surface area contributed by atoms with E-state index in [1.165, 1.54) is 4.88 Å². The fraction of sp³-hybridized carbons (Fsp3) is 0.556. The van der Waals surface area contributed by atoms with Gasteiger partial charge >= 0.3 is 0 Å². The Kier molecular flexibility index (Phi) is 5.62. The molecule has 0 aliphatic rings. The van der Waals surface area contributed by atoms with Gasteiger partial charge in [0.25, 0.3) is 0 Å². The van der Waals surface area contributed by atoms with Crippen molar-refractivity contribution in [3.63, 3.8) is 0 Å². The first-order valence-electron chi connectivity index (χ1n) is 4.45. The van der Waals surface area contributed by atoms with Gasteiger partial charge in [0.1, 0.15) is 0 Å². The van der Waals surface area contributed by atoms with E-state index in [1.807, 2.05) is 7.05 Å². The van der Waals surface area contributed by atoms with Crippen LogP contribution in [0.2, 0.25) is 0 Å². The minimum atomic E-state index is 0.500. The fourth-order valence-corrected chi connectivity index (χ4v) is 3.26. The number of likely N-dealkylation sites (N-methyl/N-ethyl adjacent to an activating group) is 1. The van der Waals surface area contributed by atoms with Crippen LogP contribution in [0.4, 0.5) is 0 Å². The second-order valence-electron chi connectivity index (χ2n) is 3.17. The van der Waals surface area contributed by atoms with Crippen LogP contribution in [0.15, 0.2) is 14.3 Å². The molecule has 1 rings (SSSR count). The van der Waals surface area contributed by atoms with Crippen LogP contribution in [0.25, 0.3) is 0 Å². The Bertz CT molecular complexity index is 269. The molecule has 2 nitrogen and oxygen atoms in total. The van der Waals surface area contributed by atoms with E-state index in [1.54, 1.807) is 11.3 Å². The average Bonchev–Trinajstić information content (AvgIpc) is 2.44. The van der Waals surface area contributed by atoms with E-state index in [4.69, 9.17) is 0 Å². The molecule has 1 unspecified atom stereocenters. The molecule has 0 aromatic carbocycles. The maximum absolute atomic E-state index is 3.49. The van der Waals surface area contributed by atoms with Crippen LogP contribution in [0.1, 0.15) is 11.8 Å². The molecule has 1 aromatic heterocycles. The third kappa shape index (κ3) is 3.98. The van der Waals surface area contributed by atoms with Crippen molar-refractivity contribution in [3.8, 4) is 0 Å². The first kappa shape index (κ1) is 12.6. The maximum atomic E-state index is 3.49. The van der Waals surface area contributed by atoms with Gasteiger partial charge in [-0.15, -0.1) is 11.3 Å². The molecule has 2 N–H and O–H groups in total. The van der Waals surface area contributed by atoms with E-state index in [-0.39, 0.29) is 0 Å². The van der Waals surface area contributed by atoms with E-state index >= 15 is 0 Å². The van der Waals surface area contributed by atoms with Gasteiger partial charge in [0.2, 0.25) is 0 Å². The second kappa shape index (κ2) is 6.23. The average molecular weight is 342 g/mol. The monoisotopic (exact) mass is 340 g/mol. The number of hydrogen-bond donors (Lipinski definition) is 2. The van der Waals surface area contributed by atoms with Crippen LogP contribution >= 0.6 is 43.2 Å². The van der Waals surface area contributed by atoms with Gasteiger partial charge in [-0.05, 0) is 51.9 Å². The molecule has 0 spiro atoms. The fourth-order valence-electron chi connectivity index (χ4n) is 1.13. The third-order valence-electron chi connectivity index (χ3n) is 1.83. The second-order valence-corrected chi connectivity index (χ2v) is 6.48. The van der Waals surface area contributed by atoms with Crippen molar-refractivity contribution < 1.29 is 0 Å². The molecule has 1 heterocycles. The van der Waals surface area contributed by atoms with Gasteiger partial charge < -0.3 is 10.6 Å². The van der Waals surface area contributed by atoms with E-state index in [0.29, 0.717) is 6.04 Å². The van der Waals surface area contributed by atoms with Gasteiger partial charge in [0, 0.05) is 28.5 Å². The zero-order valence-corrected chi connectivity index (χ0v) is 12.2. The quantitative estimate of drug-likeness (QED) is 0.860. The van der Waals surface area contributed by atoms with Gasteiger partial charge in [-0.1, -0.05) is 0 Å². The SMILES string of the molecule is CNCC(C)NCc1cc(Br)c(Br)s1. The first-order valence-corrected chi connectivity index (χ1v) is 6.85. The summed E-state index contributed by atoms with van der Waals surface area (Å²) in [6.07, 6.45) is 0. The Labute approximate surface area is 106 Å². The Balaban J connectivity index is 2.38. The van der Waals surface area contributed by atoms with E-state index in [9.17, 15) is 0 Å². The molecular formula is C9H14Br2N2S. The van der Waals surface area contributed by atoms with E-state index in [0.717, 1.165) is 21.3 Å². The molecule has 0 fully saturated rings. The van der Waals surface area contributed by atoms with Crippen molar-refractivity contribution in [2.24, 2.45) is 0 Å². The maximum Gasteiger partial charge on any atom is 0.0843 e. The molecule has 0 amide bonds. The lowest BCUT2D eigenvalue weighted by Crippen LogP contribution is -2.34. The predicted octanol–water partition coefficient (Wildman–Crippen LogP) is 2.97. The third-order valence-corrected chi connectivity index (χ3v) is 5.09. The first-order chi connectivity index (χ1) is 6.63. The summed E-state index contributed by atoms with van der Waals surface area (Å²) >= 11 is 8.72. The molecule has 0 aliphatic carbocycles. The molecule has 1 aromatic rings. The van der Waals surface area contributed by atoms with Crippen molar-refractivity contribution in [2.75, 3.05) is 13.6 Å². The lowest BCUT2D eigenvalue weighted by Gasteiger charge is -2.11. The minimum Gasteiger partial charge on any atom is -0.318 e. The van der Waals surface area contributed by atoms with Gasteiger partial charge in [-0.2, -0.15) is 0 Å². The Morgan fingerprint density at radius 1 is 1.50 bits per heavy atom. The number of hydrogen-bond acceptors (Lipinski definition) is 3. The number of thiophene rings is 1. The molecule has 14 heavy (non-hydrogen) atoms.